The van der Waals surface area contributed by atoms with Crippen LogP contribution in [-0.2, 0) is 0 Å². The van der Waals surface area contributed by atoms with Gasteiger partial charge in [-0.05, 0) is 59.4 Å². The van der Waals surface area contributed by atoms with E-state index < -0.39 is 0 Å². The third-order valence-electron chi connectivity index (χ3n) is 7.40. The molecule has 0 aromatic heterocycles. The maximum atomic E-state index is 3.20. The van der Waals surface area contributed by atoms with Crippen LogP contribution in [0.1, 0.15) is 93.9 Å². The van der Waals surface area contributed by atoms with Crippen molar-refractivity contribution in [1.82, 2.24) is 0 Å². The maximum absolute atomic E-state index is 3.20. The monoisotopic (exact) mass is 298 g/mol. The van der Waals surface area contributed by atoms with E-state index in [1.807, 2.05) is 0 Å². The lowest BCUT2D eigenvalue weighted by atomic mass is 9.68. The second-order valence-corrected chi connectivity index (χ2v) is 10.2. The van der Waals surface area contributed by atoms with Crippen LogP contribution in [0.4, 0.5) is 0 Å². The molecule has 1 heteroatoms. The predicted molar refractivity (Wildman–Crippen MR) is 96.3 cm³/mol. The highest BCUT2D eigenvalue weighted by atomic mass is 31.0. The average Bonchev–Trinajstić information content (AvgIpc) is 2.92. The summed E-state index contributed by atoms with van der Waals surface area (Å²) in [6.07, 6.45) is 8.35. The Hall–Kier alpha value is 0.430. The van der Waals surface area contributed by atoms with Crippen LogP contribution in [0.5, 0.6) is 0 Å². The highest BCUT2D eigenvalue weighted by Gasteiger charge is 2.61. The molecule has 0 saturated heterocycles. The van der Waals surface area contributed by atoms with Crippen LogP contribution in [0, 0.1) is 22.2 Å². The van der Waals surface area contributed by atoms with Gasteiger partial charge in [-0.1, -0.05) is 61.8 Å². The van der Waals surface area contributed by atoms with Crippen LogP contribution in [0.3, 0.4) is 0 Å². The average molecular weight is 298 g/mol. The Bertz CT molecular complexity index is 329. The van der Waals surface area contributed by atoms with Crippen molar-refractivity contribution < 1.29 is 0 Å². The first kappa shape index (κ1) is 18.5. The standard InChI is InChI=1S/C19H39P/c1-9-11-17(7)14-19(17,10-2)13-12-18(8,20)16(5,6)15(3)4/h15H,9-14,20H2,1-8H3. The van der Waals surface area contributed by atoms with Crippen molar-refractivity contribution in [1.29, 1.82) is 0 Å². The summed E-state index contributed by atoms with van der Waals surface area (Å²) in [6.45, 7) is 19.4. The zero-order valence-electron chi connectivity index (χ0n) is 15.4. The Kier molecular flexibility index (Phi) is 5.46. The van der Waals surface area contributed by atoms with E-state index in [0.29, 0.717) is 21.4 Å². The largest absolute Gasteiger partial charge is 0.131 e. The third kappa shape index (κ3) is 3.11. The van der Waals surface area contributed by atoms with E-state index in [-0.39, 0.29) is 0 Å². The summed E-state index contributed by atoms with van der Waals surface area (Å²) in [4.78, 5) is 0. The molecule has 4 atom stereocenters. The van der Waals surface area contributed by atoms with E-state index in [9.17, 15) is 0 Å². The highest BCUT2D eigenvalue weighted by Crippen LogP contribution is 2.71. The summed E-state index contributed by atoms with van der Waals surface area (Å²) in [5.74, 6) is 0.726. The van der Waals surface area contributed by atoms with Crippen molar-refractivity contribution >= 4 is 9.24 Å². The van der Waals surface area contributed by atoms with Gasteiger partial charge in [-0.2, -0.15) is 0 Å². The van der Waals surface area contributed by atoms with Gasteiger partial charge in [-0.25, -0.2) is 0 Å². The van der Waals surface area contributed by atoms with Gasteiger partial charge < -0.3 is 0 Å². The second kappa shape index (κ2) is 5.91. The minimum Gasteiger partial charge on any atom is -0.131 e. The Morgan fingerprint density at radius 2 is 1.65 bits per heavy atom. The van der Waals surface area contributed by atoms with Gasteiger partial charge in [-0.3, -0.25) is 0 Å². The zero-order valence-corrected chi connectivity index (χ0v) is 16.6. The summed E-state index contributed by atoms with van der Waals surface area (Å²) >= 11 is 0. The molecule has 0 spiro atoms. The molecule has 1 fully saturated rings. The van der Waals surface area contributed by atoms with Crippen molar-refractivity contribution in [3.05, 3.63) is 0 Å². The van der Waals surface area contributed by atoms with Gasteiger partial charge in [-0.15, -0.1) is 9.24 Å². The fourth-order valence-electron chi connectivity index (χ4n) is 4.21. The molecule has 1 saturated carbocycles. The van der Waals surface area contributed by atoms with Gasteiger partial charge in [0.1, 0.15) is 0 Å². The van der Waals surface area contributed by atoms with Gasteiger partial charge in [0, 0.05) is 0 Å². The molecule has 0 N–H and O–H groups in total. The van der Waals surface area contributed by atoms with Gasteiger partial charge in [0.15, 0.2) is 0 Å². The van der Waals surface area contributed by atoms with Crippen LogP contribution >= 0.6 is 9.24 Å². The molecule has 0 bridgehead atoms. The van der Waals surface area contributed by atoms with E-state index >= 15 is 0 Å². The lowest BCUT2D eigenvalue weighted by molar-refractivity contribution is 0.155. The second-order valence-electron chi connectivity index (χ2n) is 8.92. The lowest BCUT2D eigenvalue weighted by Gasteiger charge is -2.46. The van der Waals surface area contributed by atoms with E-state index in [4.69, 9.17) is 0 Å². The van der Waals surface area contributed by atoms with Crippen molar-refractivity contribution in [2.75, 3.05) is 0 Å². The van der Waals surface area contributed by atoms with Crippen LogP contribution in [0.25, 0.3) is 0 Å². The first-order valence-corrected chi connectivity index (χ1v) is 9.34. The van der Waals surface area contributed by atoms with E-state index in [1.165, 1.54) is 38.5 Å². The SMILES string of the molecule is CCCC1(C)CC1(CC)CCC(C)(P)C(C)(C)C(C)C. The minimum absolute atomic E-state index is 0.346. The van der Waals surface area contributed by atoms with Gasteiger partial charge in [0.25, 0.3) is 0 Å². The molecule has 0 aliphatic heterocycles. The molecule has 20 heavy (non-hydrogen) atoms. The fraction of sp³-hybridized carbons (Fsp3) is 1.00. The van der Waals surface area contributed by atoms with Crippen molar-refractivity contribution in [3.63, 3.8) is 0 Å². The summed E-state index contributed by atoms with van der Waals surface area (Å²) in [5, 5.41) is 0.346. The minimum atomic E-state index is 0.346. The molecule has 120 valence electrons. The number of hydrogen-bond donors (Lipinski definition) is 0. The quantitative estimate of drug-likeness (QED) is 0.438. The molecular formula is C19H39P. The Balaban J connectivity index is 2.72. The molecule has 1 aliphatic carbocycles. The van der Waals surface area contributed by atoms with Crippen molar-refractivity contribution in [2.45, 2.75) is 99.1 Å². The smallest absolute Gasteiger partial charge is 0.0125 e. The van der Waals surface area contributed by atoms with Crippen molar-refractivity contribution in [3.8, 4) is 0 Å². The Morgan fingerprint density at radius 1 is 1.10 bits per heavy atom. The van der Waals surface area contributed by atoms with Crippen molar-refractivity contribution in [2.24, 2.45) is 22.2 Å². The van der Waals surface area contributed by atoms with Gasteiger partial charge in [0.05, 0.1) is 0 Å². The molecule has 0 amide bonds. The lowest BCUT2D eigenvalue weighted by Crippen LogP contribution is -2.40. The van der Waals surface area contributed by atoms with Crippen LogP contribution in [0.2, 0.25) is 0 Å². The Morgan fingerprint density at radius 3 is 2.05 bits per heavy atom. The number of hydrogen-bond acceptors (Lipinski definition) is 0. The molecule has 1 aliphatic rings. The molecular weight excluding hydrogens is 259 g/mol. The third-order valence-corrected chi connectivity index (χ3v) is 8.43. The van der Waals surface area contributed by atoms with Gasteiger partial charge >= 0.3 is 0 Å². The molecule has 0 aromatic carbocycles. The van der Waals surface area contributed by atoms with E-state index in [2.05, 4.69) is 64.6 Å². The van der Waals surface area contributed by atoms with E-state index in [0.717, 1.165) is 5.92 Å². The first-order valence-electron chi connectivity index (χ1n) is 8.77. The molecule has 0 radical (unpaired) electrons. The summed E-state index contributed by atoms with van der Waals surface area (Å²) in [7, 11) is 3.20. The fourth-order valence-corrected chi connectivity index (χ4v) is 4.68. The molecule has 0 heterocycles. The van der Waals surface area contributed by atoms with Crippen LogP contribution < -0.4 is 0 Å². The summed E-state index contributed by atoms with van der Waals surface area (Å²) < 4.78 is 0. The van der Waals surface area contributed by atoms with Gasteiger partial charge in [0.2, 0.25) is 0 Å². The molecule has 1 rings (SSSR count). The molecule has 0 nitrogen and oxygen atoms in total. The number of rotatable bonds is 8. The molecule has 0 aromatic rings. The summed E-state index contributed by atoms with van der Waals surface area (Å²) in [5.41, 5.74) is 1.66. The summed E-state index contributed by atoms with van der Waals surface area (Å²) in [6, 6.07) is 0. The maximum Gasteiger partial charge on any atom is -0.0125 e. The normalized spacial score (nSPS) is 33.3. The first-order chi connectivity index (χ1) is 8.98. The van der Waals surface area contributed by atoms with Crippen LogP contribution in [-0.4, -0.2) is 5.16 Å². The molecule has 4 unspecified atom stereocenters. The van der Waals surface area contributed by atoms with E-state index in [1.54, 1.807) is 0 Å². The Labute approximate surface area is 131 Å². The predicted octanol–water partition coefficient (Wildman–Crippen LogP) is 6.69. The highest BCUT2D eigenvalue weighted by molar-refractivity contribution is 7.19. The zero-order chi connectivity index (χ0) is 15.8. The topological polar surface area (TPSA) is 0 Å². The van der Waals surface area contributed by atoms with Crippen LogP contribution in [0.15, 0.2) is 0 Å².